The predicted molar refractivity (Wildman–Crippen MR) is 68.1 cm³/mol. The summed E-state index contributed by atoms with van der Waals surface area (Å²) in [5.41, 5.74) is 9.61. The summed E-state index contributed by atoms with van der Waals surface area (Å²) in [5, 5.41) is 0. The van der Waals surface area contributed by atoms with E-state index in [1.807, 2.05) is 23.8 Å². The summed E-state index contributed by atoms with van der Waals surface area (Å²) >= 11 is 1.69. The van der Waals surface area contributed by atoms with Gasteiger partial charge in [0, 0.05) is 29.9 Å². The normalized spacial score (nSPS) is 10.9. The second kappa shape index (κ2) is 5.09. The second-order valence-corrected chi connectivity index (χ2v) is 4.85. The molecule has 2 aromatic rings. The fraction of sp³-hybridized carbons (Fsp3) is 0.250. The molecule has 0 atom stereocenters. The Labute approximate surface area is 99.5 Å². The SMILES string of the molecule is CN(Cc1ccc(N)cc1)Cc1cncs1. The van der Waals surface area contributed by atoms with Gasteiger partial charge in [-0.25, -0.2) is 0 Å². The first-order valence-corrected chi connectivity index (χ1v) is 6.02. The molecule has 1 aromatic carbocycles. The van der Waals surface area contributed by atoms with Crippen LogP contribution in [0.3, 0.4) is 0 Å². The monoisotopic (exact) mass is 233 g/mol. The van der Waals surface area contributed by atoms with E-state index in [-0.39, 0.29) is 0 Å². The average molecular weight is 233 g/mol. The molecule has 0 aliphatic carbocycles. The first-order valence-electron chi connectivity index (χ1n) is 5.14. The number of nitrogens with two attached hydrogens (primary N) is 1. The van der Waals surface area contributed by atoms with Gasteiger partial charge in [-0.05, 0) is 24.7 Å². The van der Waals surface area contributed by atoms with Crippen LogP contribution >= 0.6 is 11.3 Å². The van der Waals surface area contributed by atoms with E-state index in [2.05, 4.69) is 29.1 Å². The molecule has 2 N–H and O–H groups in total. The number of nitrogens with zero attached hydrogens (tertiary/aromatic N) is 2. The Morgan fingerprint density at radius 1 is 1.25 bits per heavy atom. The molecule has 0 spiro atoms. The summed E-state index contributed by atoms with van der Waals surface area (Å²) < 4.78 is 0. The number of benzene rings is 1. The van der Waals surface area contributed by atoms with Gasteiger partial charge in [0.25, 0.3) is 0 Å². The highest BCUT2D eigenvalue weighted by Crippen LogP contribution is 2.12. The number of aromatic nitrogens is 1. The lowest BCUT2D eigenvalue weighted by atomic mass is 10.2. The fourth-order valence-electron chi connectivity index (χ4n) is 1.58. The van der Waals surface area contributed by atoms with Crippen LogP contribution in [0.4, 0.5) is 5.69 Å². The summed E-state index contributed by atoms with van der Waals surface area (Å²) in [4.78, 5) is 7.62. The van der Waals surface area contributed by atoms with Crippen LogP contribution in [0.2, 0.25) is 0 Å². The molecule has 0 aliphatic heterocycles. The average Bonchev–Trinajstić information content (AvgIpc) is 2.74. The highest BCUT2D eigenvalue weighted by molar-refractivity contribution is 7.09. The fourth-order valence-corrected chi connectivity index (χ4v) is 2.25. The van der Waals surface area contributed by atoms with Crippen LogP contribution in [0, 0.1) is 0 Å². The van der Waals surface area contributed by atoms with Crippen molar-refractivity contribution in [3.8, 4) is 0 Å². The van der Waals surface area contributed by atoms with Gasteiger partial charge in [-0.3, -0.25) is 9.88 Å². The lowest BCUT2D eigenvalue weighted by Gasteiger charge is -2.15. The third-order valence-corrected chi connectivity index (χ3v) is 3.11. The molecule has 1 aromatic heterocycles. The topological polar surface area (TPSA) is 42.1 Å². The van der Waals surface area contributed by atoms with E-state index in [0.29, 0.717) is 0 Å². The molecule has 0 amide bonds. The smallest absolute Gasteiger partial charge is 0.0794 e. The van der Waals surface area contributed by atoms with Crippen LogP contribution in [0.5, 0.6) is 0 Å². The molecule has 3 nitrogen and oxygen atoms in total. The maximum atomic E-state index is 5.65. The Bertz CT molecular complexity index is 422. The van der Waals surface area contributed by atoms with Crippen molar-refractivity contribution in [1.29, 1.82) is 0 Å². The van der Waals surface area contributed by atoms with Gasteiger partial charge in [0.2, 0.25) is 0 Å². The van der Waals surface area contributed by atoms with Crippen molar-refractivity contribution in [2.75, 3.05) is 12.8 Å². The Kier molecular flexibility index (Phi) is 3.54. The summed E-state index contributed by atoms with van der Waals surface area (Å²) in [6, 6.07) is 8.02. The van der Waals surface area contributed by atoms with Gasteiger partial charge < -0.3 is 5.73 Å². The molecule has 0 saturated carbocycles. The predicted octanol–water partition coefficient (Wildman–Crippen LogP) is 2.36. The van der Waals surface area contributed by atoms with Gasteiger partial charge in [-0.2, -0.15) is 0 Å². The summed E-state index contributed by atoms with van der Waals surface area (Å²) in [5.74, 6) is 0. The largest absolute Gasteiger partial charge is 0.399 e. The Hall–Kier alpha value is -1.39. The zero-order valence-corrected chi connectivity index (χ0v) is 10.1. The first-order chi connectivity index (χ1) is 7.74. The Morgan fingerprint density at radius 3 is 2.62 bits per heavy atom. The van der Waals surface area contributed by atoms with Crippen molar-refractivity contribution in [2.45, 2.75) is 13.1 Å². The van der Waals surface area contributed by atoms with E-state index in [9.17, 15) is 0 Å². The van der Waals surface area contributed by atoms with Gasteiger partial charge in [0.05, 0.1) is 5.51 Å². The number of rotatable bonds is 4. The van der Waals surface area contributed by atoms with Crippen molar-refractivity contribution in [3.05, 3.63) is 46.4 Å². The highest BCUT2D eigenvalue weighted by atomic mass is 32.1. The van der Waals surface area contributed by atoms with Crippen molar-refractivity contribution in [1.82, 2.24) is 9.88 Å². The van der Waals surface area contributed by atoms with E-state index in [0.717, 1.165) is 18.8 Å². The molecular weight excluding hydrogens is 218 g/mol. The minimum atomic E-state index is 0.814. The van der Waals surface area contributed by atoms with Crippen molar-refractivity contribution < 1.29 is 0 Å². The molecule has 0 fully saturated rings. The maximum absolute atomic E-state index is 5.65. The van der Waals surface area contributed by atoms with E-state index in [1.165, 1.54) is 10.4 Å². The van der Waals surface area contributed by atoms with Gasteiger partial charge in [-0.1, -0.05) is 12.1 Å². The molecule has 0 radical (unpaired) electrons. The number of anilines is 1. The van der Waals surface area contributed by atoms with Crippen LogP contribution in [-0.2, 0) is 13.1 Å². The van der Waals surface area contributed by atoms with Crippen LogP contribution in [-0.4, -0.2) is 16.9 Å². The molecule has 1 heterocycles. The van der Waals surface area contributed by atoms with Gasteiger partial charge in [0.1, 0.15) is 0 Å². The van der Waals surface area contributed by atoms with E-state index >= 15 is 0 Å². The number of hydrogen-bond acceptors (Lipinski definition) is 4. The van der Waals surface area contributed by atoms with E-state index < -0.39 is 0 Å². The van der Waals surface area contributed by atoms with Crippen LogP contribution in [0.25, 0.3) is 0 Å². The minimum absolute atomic E-state index is 0.814. The molecule has 4 heteroatoms. The standard InChI is InChI=1S/C12H15N3S/c1-15(8-12-6-14-9-16-12)7-10-2-4-11(13)5-3-10/h2-6,9H,7-8,13H2,1H3. The molecule has 84 valence electrons. The second-order valence-electron chi connectivity index (χ2n) is 3.88. The highest BCUT2D eigenvalue weighted by Gasteiger charge is 2.02. The lowest BCUT2D eigenvalue weighted by Crippen LogP contribution is -2.16. The Balaban J connectivity index is 1.92. The summed E-state index contributed by atoms with van der Waals surface area (Å²) in [7, 11) is 2.11. The third kappa shape index (κ3) is 3.05. The molecule has 0 saturated heterocycles. The molecule has 16 heavy (non-hydrogen) atoms. The van der Waals surface area contributed by atoms with Crippen LogP contribution < -0.4 is 5.73 Å². The minimum Gasteiger partial charge on any atom is -0.399 e. The van der Waals surface area contributed by atoms with Gasteiger partial charge in [-0.15, -0.1) is 11.3 Å². The number of nitrogen functional groups attached to an aromatic ring is 1. The maximum Gasteiger partial charge on any atom is 0.0794 e. The first kappa shape index (κ1) is 11.1. The van der Waals surface area contributed by atoms with Gasteiger partial charge >= 0.3 is 0 Å². The van der Waals surface area contributed by atoms with E-state index in [1.54, 1.807) is 11.3 Å². The Morgan fingerprint density at radius 2 is 2.00 bits per heavy atom. The zero-order chi connectivity index (χ0) is 11.4. The summed E-state index contributed by atoms with van der Waals surface area (Å²) in [6.45, 7) is 1.87. The molecule has 0 unspecified atom stereocenters. The quantitative estimate of drug-likeness (QED) is 0.824. The number of hydrogen-bond donors (Lipinski definition) is 1. The van der Waals surface area contributed by atoms with E-state index in [4.69, 9.17) is 5.73 Å². The van der Waals surface area contributed by atoms with Crippen LogP contribution in [0.1, 0.15) is 10.4 Å². The van der Waals surface area contributed by atoms with Crippen molar-refractivity contribution in [3.63, 3.8) is 0 Å². The third-order valence-electron chi connectivity index (χ3n) is 2.34. The molecular formula is C12H15N3S. The van der Waals surface area contributed by atoms with Crippen molar-refractivity contribution >= 4 is 17.0 Å². The van der Waals surface area contributed by atoms with Crippen molar-refractivity contribution in [2.24, 2.45) is 0 Å². The lowest BCUT2D eigenvalue weighted by molar-refractivity contribution is 0.322. The number of thiazole rings is 1. The molecule has 0 aliphatic rings. The van der Waals surface area contributed by atoms with Crippen LogP contribution in [0.15, 0.2) is 36.0 Å². The molecule has 2 rings (SSSR count). The molecule has 0 bridgehead atoms. The summed E-state index contributed by atoms with van der Waals surface area (Å²) in [6.07, 6.45) is 1.92. The zero-order valence-electron chi connectivity index (χ0n) is 9.26. The van der Waals surface area contributed by atoms with Gasteiger partial charge in [0.15, 0.2) is 0 Å².